The molecule has 0 saturated heterocycles. The maximum absolute atomic E-state index is 10.7. The van der Waals surface area contributed by atoms with Gasteiger partial charge in [0.2, 0.25) is 5.69 Å². The van der Waals surface area contributed by atoms with Gasteiger partial charge in [-0.1, -0.05) is 19.3 Å². The molecule has 2 rings (SSSR count). The van der Waals surface area contributed by atoms with Crippen molar-refractivity contribution in [1.82, 2.24) is 9.78 Å². The molecule has 1 aromatic rings. The van der Waals surface area contributed by atoms with Gasteiger partial charge in [-0.25, -0.2) is 4.79 Å². The molecule has 0 aliphatic heterocycles. The molecule has 0 atom stereocenters. The van der Waals surface area contributed by atoms with Crippen LogP contribution in [0.1, 0.15) is 48.6 Å². The normalized spacial score (nSPS) is 17.9. The predicted molar refractivity (Wildman–Crippen MR) is 53.0 cm³/mol. The van der Waals surface area contributed by atoms with Crippen molar-refractivity contribution < 1.29 is 15.0 Å². The van der Waals surface area contributed by atoms with Gasteiger partial charge in [0.25, 0.3) is 0 Å². The minimum Gasteiger partial charge on any atom is -0.504 e. The number of carbonyl (C=O) groups is 1. The van der Waals surface area contributed by atoms with E-state index >= 15 is 0 Å². The van der Waals surface area contributed by atoms with E-state index in [0.717, 1.165) is 25.7 Å². The Labute approximate surface area is 87.3 Å². The largest absolute Gasteiger partial charge is 0.504 e. The van der Waals surface area contributed by atoms with Gasteiger partial charge in [-0.3, -0.25) is 4.68 Å². The Morgan fingerprint density at radius 1 is 1.40 bits per heavy atom. The third-order valence-corrected chi connectivity index (χ3v) is 2.86. The van der Waals surface area contributed by atoms with Crippen molar-refractivity contribution in [2.45, 2.75) is 38.1 Å². The highest BCUT2D eigenvalue weighted by Gasteiger charge is 2.21. The highest BCUT2D eigenvalue weighted by atomic mass is 16.4. The van der Waals surface area contributed by atoms with Crippen LogP contribution < -0.4 is 0 Å². The van der Waals surface area contributed by atoms with E-state index < -0.39 is 5.97 Å². The SMILES string of the molecule is O=C(O)c1nn(C2CCCCC2)cc1O. The fourth-order valence-electron chi connectivity index (χ4n) is 2.07. The Morgan fingerprint density at radius 3 is 2.60 bits per heavy atom. The third kappa shape index (κ3) is 1.95. The number of rotatable bonds is 2. The van der Waals surface area contributed by atoms with Gasteiger partial charge in [0.05, 0.1) is 12.2 Å². The number of hydrogen-bond donors (Lipinski definition) is 2. The van der Waals surface area contributed by atoms with E-state index in [-0.39, 0.29) is 17.5 Å². The molecule has 0 aromatic carbocycles. The lowest BCUT2D eigenvalue weighted by Crippen LogP contribution is -2.14. The van der Waals surface area contributed by atoms with Gasteiger partial charge in [-0.05, 0) is 12.8 Å². The second-order valence-corrected chi connectivity index (χ2v) is 3.94. The molecular weight excluding hydrogens is 196 g/mol. The lowest BCUT2D eigenvalue weighted by molar-refractivity contribution is 0.0686. The van der Waals surface area contributed by atoms with Crippen molar-refractivity contribution in [3.05, 3.63) is 11.9 Å². The van der Waals surface area contributed by atoms with Crippen molar-refractivity contribution in [3.8, 4) is 5.75 Å². The molecule has 1 fully saturated rings. The molecule has 1 saturated carbocycles. The number of hydrogen-bond acceptors (Lipinski definition) is 3. The summed E-state index contributed by atoms with van der Waals surface area (Å²) in [6.07, 6.45) is 6.97. The van der Waals surface area contributed by atoms with Gasteiger partial charge >= 0.3 is 5.97 Å². The molecule has 0 spiro atoms. The Balaban J connectivity index is 2.21. The highest BCUT2D eigenvalue weighted by Crippen LogP contribution is 2.29. The summed E-state index contributed by atoms with van der Waals surface area (Å²) < 4.78 is 1.60. The number of aromatic hydroxyl groups is 1. The van der Waals surface area contributed by atoms with E-state index in [1.165, 1.54) is 12.6 Å². The number of nitrogens with zero attached hydrogens (tertiary/aromatic N) is 2. The first-order valence-corrected chi connectivity index (χ1v) is 5.20. The minimum absolute atomic E-state index is 0.243. The summed E-state index contributed by atoms with van der Waals surface area (Å²) in [4.78, 5) is 10.7. The fraction of sp³-hybridized carbons (Fsp3) is 0.600. The molecule has 1 aliphatic rings. The molecule has 1 heterocycles. The van der Waals surface area contributed by atoms with Crippen LogP contribution in [0.3, 0.4) is 0 Å². The molecule has 0 radical (unpaired) electrons. The second-order valence-electron chi connectivity index (χ2n) is 3.94. The smallest absolute Gasteiger partial charge is 0.360 e. The zero-order chi connectivity index (χ0) is 10.8. The Morgan fingerprint density at radius 2 is 2.07 bits per heavy atom. The molecule has 15 heavy (non-hydrogen) atoms. The summed E-state index contributed by atoms with van der Waals surface area (Å²) in [5.74, 6) is -1.42. The van der Waals surface area contributed by atoms with Gasteiger partial charge in [0.1, 0.15) is 0 Å². The zero-order valence-corrected chi connectivity index (χ0v) is 8.39. The van der Waals surface area contributed by atoms with E-state index in [9.17, 15) is 9.90 Å². The molecule has 1 aliphatic carbocycles. The van der Waals surface area contributed by atoms with Crippen LogP contribution in [-0.2, 0) is 0 Å². The van der Waals surface area contributed by atoms with Crippen LogP contribution in [0.15, 0.2) is 6.20 Å². The van der Waals surface area contributed by atoms with E-state index in [0.29, 0.717) is 0 Å². The molecule has 0 bridgehead atoms. The highest BCUT2D eigenvalue weighted by molar-refractivity contribution is 5.88. The Hall–Kier alpha value is -1.52. The van der Waals surface area contributed by atoms with Gasteiger partial charge in [0, 0.05) is 0 Å². The molecule has 82 valence electrons. The fourth-order valence-corrected chi connectivity index (χ4v) is 2.07. The standard InChI is InChI=1S/C10H14N2O3/c13-8-6-12(11-9(8)10(14)15)7-4-2-1-3-5-7/h6-7,13H,1-5H2,(H,14,15). The Kier molecular flexibility index (Phi) is 2.62. The molecule has 1 aromatic heterocycles. The molecule has 5 nitrogen and oxygen atoms in total. The first-order chi connectivity index (χ1) is 7.18. The summed E-state index contributed by atoms with van der Waals surface area (Å²) in [6.45, 7) is 0. The van der Waals surface area contributed by atoms with E-state index in [2.05, 4.69) is 5.10 Å². The maximum Gasteiger partial charge on any atom is 0.360 e. The summed E-state index contributed by atoms with van der Waals surface area (Å²) in [7, 11) is 0. The van der Waals surface area contributed by atoms with Crippen LogP contribution >= 0.6 is 0 Å². The van der Waals surface area contributed by atoms with Crippen molar-refractivity contribution in [1.29, 1.82) is 0 Å². The quantitative estimate of drug-likeness (QED) is 0.780. The van der Waals surface area contributed by atoms with Crippen LogP contribution in [0.25, 0.3) is 0 Å². The predicted octanol–water partition coefficient (Wildman–Crippen LogP) is 1.79. The number of carboxylic acid groups (broad SMARTS) is 1. The van der Waals surface area contributed by atoms with Gasteiger partial charge in [0.15, 0.2) is 5.75 Å². The molecular formula is C10H14N2O3. The first kappa shape index (κ1) is 10.0. The molecule has 0 amide bonds. The lowest BCUT2D eigenvalue weighted by Gasteiger charge is -2.21. The molecule has 0 unspecified atom stereocenters. The molecule has 2 N–H and O–H groups in total. The van der Waals surface area contributed by atoms with Crippen LogP contribution in [0.4, 0.5) is 0 Å². The number of carboxylic acids is 1. The first-order valence-electron chi connectivity index (χ1n) is 5.20. The van der Waals surface area contributed by atoms with Crippen LogP contribution in [0.5, 0.6) is 5.75 Å². The third-order valence-electron chi connectivity index (χ3n) is 2.86. The van der Waals surface area contributed by atoms with Gasteiger partial charge in [-0.2, -0.15) is 5.10 Å². The number of aromatic nitrogens is 2. The van der Waals surface area contributed by atoms with E-state index in [1.807, 2.05) is 0 Å². The van der Waals surface area contributed by atoms with E-state index in [1.54, 1.807) is 4.68 Å². The monoisotopic (exact) mass is 210 g/mol. The van der Waals surface area contributed by atoms with E-state index in [4.69, 9.17) is 5.11 Å². The molecule has 5 heteroatoms. The van der Waals surface area contributed by atoms with Crippen LogP contribution in [0, 0.1) is 0 Å². The van der Waals surface area contributed by atoms with Crippen LogP contribution in [-0.4, -0.2) is 26.0 Å². The average molecular weight is 210 g/mol. The van der Waals surface area contributed by atoms with Crippen molar-refractivity contribution in [2.75, 3.05) is 0 Å². The zero-order valence-electron chi connectivity index (χ0n) is 8.39. The maximum atomic E-state index is 10.7. The van der Waals surface area contributed by atoms with Crippen molar-refractivity contribution >= 4 is 5.97 Å². The topological polar surface area (TPSA) is 75.3 Å². The van der Waals surface area contributed by atoms with Gasteiger partial charge in [-0.15, -0.1) is 0 Å². The summed E-state index contributed by atoms with van der Waals surface area (Å²) in [5, 5.41) is 22.0. The van der Waals surface area contributed by atoms with Crippen molar-refractivity contribution in [2.24, 2.45) is 0 Å². The Bertz CT molecular complexity index is 367. The average Bonchev–Trinajstić information content (AvgIpc) is 2.62. The van der Waals surface area contributed by atoms with Gasteiger partial charge < -0.3 is 10.2 Å². The summed E-state index contributed by atoms with van der Waals surface area (Å²) >= 11 is 0. The lowest BCUT2D eigenvalue weighted by atomic mass is 9.96. The van der Waals surface area contributed by atoms with Crippen LogP contribution in [0.2, 0.25) is 0 Å². The number of aromatic carboxylic acids is 1. The second kappa shape index (κ2) is 3.92. The minimum atomic E-state index is -1.18. The summed E-state index contributed by atoms with van der Waals surface area (Å²) in [5.41, 5.74) is -0.249. The summed E-state index contributed by atoms with van der Waals surface area (Å²) in [6, 6.07) is 0.248. The van der Waals surface area contributed by atoms with Crippen molar-refractivity contribution in [3.63, 3.8) is 0 Å².